The Hall–Kier alpha value is -3.91. The normalized spacial score (nSPS) is 16.2. The van der Waals surface area contributed by atoms with Gasteiger partial charge in [-0.1, -0.05) is 91.0 Å². The van der Waals surface area contributed by atoms with Crippen LogP contribution in [0.15, 0.2) is 97.1 Å². The molecule has 0 bridgehead atoms. The molecule has 0 radical (unpaired) electrons. The summed E-state index contributed by atoms with van der Waals surface area (Å²) in [5.41, 5.74) is 5.49. The van der Waals surface area contributed by atoms with Gasteiger partial charge in [0.2, 0.25) is 0 Å². The van der Waals surface area contributed by atoms with Crippen LogP contribution < -0.4 is 5.46 Å². The first-order valence-electron chi connectivity index (χ1n) is 12.7. The van der Waals surface area contributed by atoms with Crippen LogP contribution in [-0.4, -0.2) is 18.3 Å². The monoisotopic (exact) mass is 481 g/mol. The summed E-state index contributed by atoms with van der Waals surface area (Å²) in [7, 11) is -0.395. The van der Waals surface area contributed by atoms with E-state index in [2.05, 4.69) is 107 Å². The maximum atomic E-state index is 9.68. The summed E-state index contributed by atoms with van der Waals surface area (Å²) in [6, 6.07) is 35.9. The van der Waals surface area contributed by atoms with E-state index in [9.17, 15) is 5.26 Å². The molecular formula is C33H28BNO2. The third kappa shape index (κ3) is 3.83. The number of nitriles is 1. The van der Waals surface area contributed by atoms with Gasteiger partial charge in [0, 0.05) is 5.39 Å². The van der Waals surface area contributed by atoms with Gasteiger partial charge >= 0.3 is 7.12 Å². The summed E-state index contributed by atoms with van der Waals surface area (Å²) < 4.78 is 12.6. The van der Waals surface area contributed by atoms with Gasteiger partial charge in [0.25, 0.3) is 0 Å². The number of benzene rings is 5. The maximum Gasteiger partial charge on any atom is 0.494 e. The Kier molecular flexibility index (Phi) is 5.46. The lowest BCUT2D eigenvalue weighted by molar-refractivity contribution is 0.00578. The zero-order chi connectivity index (χ0) is 25.8. The topological polar surface area (TPSA) is 42.2 Å². The van der Waals surface area contributed by atoms with Crippen molar-refractivity contribution in [2.24, 2.45) is 0 Å². The van der Waals surface area contributed by atoms with Crippen LogP contribution in [0.1, 0.15) is 33.3 Å². The van der Waals surface area contributed by atoms with Crippen LogP contribution in [-0.2, 0) is 9.31 Å². The van der Waals surface area contributed by atoms with Gasteiger partial charge in [0.15, 0.2) is 0 Å². The van der Waals surface area contributed by atoms with Crippen molar-refractivity contribution in [2.45, 2.75) is 38.9 Å². The van der Waals surface area contributed by atoms with Crippen LogP contribution in [0.5, 0.6) is 0 Å². The molecule has 0 unspecified atom stereocenters. The predicted molar refractivity (Wildman–Crippen MR) is 153 cm³/mol. The second-order valence-electron chi connectivity index (χ2n) is 10.7. The summed E-state index contributed by atoms with van der Waals surface area (Å²) in [6.45, 7) is 8.30. The highest BCUT2D eigenvalue weighted by atomic mass is 16.7. The predicted octanol–water partition coefficient (Wildman–Crippen LogP) is 7.50. The molecule has 37 heavy (non-hydrogen) atoms. The molecule has 0 N–H and O–H groups in total. The van der Waals surface area contributed by atoms with Crippen LogP contribution >= 0.6 is 0 Å². The zero-order valence-electron chi connectivity index (χ0n) is 21.6. The van der Waals surface area contributed by atoms with Crippen molar-refractivity contribution in [2.75, 3.05) is 0 Å². The molecule has 5 aromatic rings. The highest BCUT2D eigenvalue weighted by Gasteiger charge is 2.51. The van der Waals surface area contributed by atoms with Crippen molar-refractivity contribution in [3.63, 3.8) is 0 Å². The third-order valence-corrected chi connectivity index (χ3v) is 7.99. The highest BCUT2D eigenvalue weighted by Crippen LogP contribution is 2.41. The molecule has 1 saturated heterocycles. The Bertz CT molecular complexity index is 1680. The molecule has 3 nitrogen and oxygen atoms in total. The van der Waals surface area contributed by atoms with E-state index in [4.69, 9.17) is 9.31 Å². The minimum absolute atomic E-state index is 0.379. The van der Waals surface area contributed by atoms with Crippen molar-refractivity contribution in [1.29, 1.82) is 5.26 Å². The van der Waals surface area contributed by atoms with Crippen LogP contribution in [0.25, 0.3) is 43.8 Å². The van der Waals surface area contributed by atoms with Crippen molar-refractivity contribution >= 4 is 34.1 Å². The van der Waals surface area contributed by atoms with E-state index in [-0.39, 0.29) is 11.2 Å². The fourth-order valence-electron chi connectivity index (χ4n) is 5.22. The number of nitrogens with zero attached hydrogens (tertiary/aromatic N) is 1. The number of hydrogen-bond acceptors (Lipinski definition) is 3. The van der Waals surface area contributed by atoms with Gasteiger partial charge in [-0.15, -0.1) is 0 Å². The lowest BCUT2D eigenvalue weighted by atomic mass is 9.78. The fourth-order valence-corrected chi connectivity index (χ4v) is 5.22. The summed E-state index contributed by atoms with van der Waals surface area (Å²) in [6.07, 6.45) is 0. The molecule has 1 aliphatic rings. The van der Waals surface area contributed by atoms with E-state index in [1.54, 1.807) is 0 Å². The smallest absolute Gasteiger partial charge is 0.399 e. The van der Waals surface area contributed by atoms with Crippen LogP contribution in [0, 0.1) is 11.3 Å². The molecule has 180 valence electrons. The molecule has 6 rings (SSSR count). The van der Waals surface area contributed by atoms with E-state index >= 15 is 0 Å². The molecule has 5 aromatic carbocycles. The number of fused-ring (bicyclic) bond motifs is 2. The van der Waals surface area contributed by atoms with Crippen LogP contribution in [0.3, 0.4) is 0 Å². The molecule has 0 aliphatic carbocycles. The Morgan fingerprint density at radius 1 is 0.622 bits per heavy atom. The quantitative estimate of drug-likeness (QED) is 0.251. The van der Waals surface area contributed by atoms with E-state index in [1.807, 2.05) is 24.3 Å². The van der Waals surface area contributed by atoms with Gasteiger partial charge in [-0.3, -0.25) is 0 Å². The number of rotatable bonds is 3. The van der Waals surface area contributed by atoms with Crippen molar-refractivity contribution in [3.05, 3.63) is 103 Å². The fraction of sp³-hybridized carbons (Fsp3) is 0.182. The summed E-state index contributed by atoms with van der Waals surface area (Å²) >= 11 is 0. The first kappa shape index (κ1) is 23.5. The minimum Gasteiger partial charge on any atom is -0.399 e. The molecule has 0 aromatic heterocycles. The molecule has 1 heterocycles. The molecule has 4 heteroatoms. The Balaban J connectivity index is 1.52. The third-order valence-electron chi connectivity index (χ3n) is 7.99. The molecule has 1 aliphatic heterocycles. The lowest BCUT2D eigenvalue weighted by Crippen LogP contribution is -2.41. The lowest BCUT2D eigenvalue weighted by Gasteiger charge is -2.32. The van der Waals surface area contributed by atoms with Gasteiger partial charge in [-0.05, 0) is 77.6 Å². The van der Waals surface area contributed by atoms with Crippen molar-refractivity contribution in [1.82, 2.24) is 0 Å². The summed E-state index contributed by atoms with van der Waals surface area (Å²) in [5, 5.41) is 14.1. The molecule has 0 spiro atoms. The first-order chi connectivity index (χ1) is 17.8. The van der Waals surface area contributed by atoms with Gasteiger partial charge in [0.05, 0.1) is 22.8 Å². The Labute approximate surface area is 218 Å². The van der Waals surface area contributed by atoms with Gasteiger partial charge in [0.1, 0.15) is 0 Å². The summed E-state index contributed by atoms with van der Waals surface area (Å²) in [5.74, 6) is 0. The Morgan fingerprint density at radius 2 is 1.22 bits per heavy atom. The van der Waals surface area contributed by atoms with Crippen molar-refractivity contribution in [3.8, 4) is 28.3 Å². The average Bonchev–Trinajstić information content (AvgIpc) is 3.14. The Morgan fingerprint density at radius 3 is 1.89 bits per heavy atom. The van der Waals surface area contributed by atoms with Crippen LogP contribution in [0.4, 0.5) is 0 Å². The molecular weight excluding hydrogens is 453 g/mol. The van der Waals surface area contributed by atoms with Gasteiger partial charge in [-0.2, -0.15) is 5.26 Å². The van der Waals surface area contributed by atoms with Crippen molar-refractivity contribution < 1.29 is 9.31 Å². The van der Waals surface area contributed by atoms with Gasteiger partial charge in [-0.25, -0.2) is 0 Å². The molecule has 0 amide bonds. The van der Waals surface area contributed by atoms with Crippen LogP contribution in [0.2, 0.25) is 0 Å². The second kappa shape index (κ2) is 8.59. The first-order valence-corrected chi connectivity index (χ1v) is 12.7. The second-order valence-corrected chi connectivity index (χ2v) is 10.7. The van der Waals surface area contributed by atoms with E-state index in [0.29, 0.717) is 5.56 Å². The van der Waals surface area contributed by atoms with E-state index in [1.165, 1.54) is 16.3 Å². The largest absolute Gasteiger partial charge is 0.494 e. The molecule has 0 saturated carbocycles. The average molecular weight is 481 g/mol. The molecule has 1 fully saturated rings. The van der Waals surface area contributed by atoms with E-state index in [0.717, 1.165) is 32.9 Å². The standard InChI is InChI=1S/C33H28BNO2/c1-32(2)33(3,4)37-34(36-32)25-17-13-23(14-18-25)31-27-11-6-5-9-22(27)15-20-30(31)29-19-16-24(21-35)26-10-7-8-12-28(26)29/h5-20H,1-4H3. The SMILES string of the molecule is CC1(C)OB(c2ccc(-c3c(-c4ccc(C#N)c5ccccc45)ccc4ccccc34)cc2)OC1(C)C. The number of hydrogen-bond donors (Lipinski definition) is 0. The van der Waals surface area contributed by atoms with Gasteiger partial charge < -0.3 is 9.31 Å². The highest BCUT2D eigenvalue weighted by molar-refractivity contribution is 6.62. The zero-order valence-corrected chi connectivity index (χ0v) is 21.6. The van der Waals surface area contributed by atoms with E-state index < -0.39 is 7.12 Å². The minimum atomic E-state index is -0.395. The maximum absolute atomic E-state index is 9.68. The summed E-state index contributed by atoms with van der Waals surface area (Å²) in [4.78, 5) is 0. The molecule has 0 atom stereocenters.